The number of thiazole rings is 1. The van der Waals surface area contributed by atoms with Crippen LogP contribution in [-0.2, 0) is 16.8 Å². The first-order chi connectivity index (χ1) is 8.35. The molecule has 1 heterocycles. The fourth-order valence-corrected chi connectivity index (χ4v) is 3.01. The predicted octanol–water partition coefficient (Wildman–Crippen LogP) is 0.484. The SMILES string of the molecule is CCCNS(=O)(=O)NCc1nc(C)c(C(=O)O)s1. The zero-order valence-electron chi connectivity index (χ0n) is 10.1. The van der Waals surface area contributed by atoms with Crippen LogP contribution in [0.15, 0.2) is 0 Å². The number of hydrogen-bond donors (Lipinski definition) is 3. The summed E-state index contributed by atoms with van der Waals surface area (Å²) in [7, 11) is -3.55. The molecule has 18 heavy (non-hydrogen) atoms. The molecule has 0 aromatic carbocycles. The van der Waals surface area contributed by atoms with Crippen LogP contribution in [0, 0.1) is 6.92 Å². The molecule has 0 unspecified atom stereocenters. The second-order valence-electron chi connectivity index (χ2n) is 3.55. The Balaban J connectivity index is 2.64. The molecule has 0 aliphatic carbocycles. The summed E-state index contributed by atoms with van der Waals surface area (Å²) in [5, 5.41) is 9.27. The van der Waals surface area contributed by atoms with Gasteiger partial charge in [-0.3, -0.25) is 0 Å². The summed E-state index contributed by atoms with van der Waals surface area (Å²) in [6.07, 6.45) is 0.695. The zero-order chi connectivity index (χ0) is 13.8. The summed E-state index contributed by atoms with van der Waals surface area (Å²) in [6.45, 7) is 3.77. The lowest BCUT2D eigenvalue weighted by Crippen LogP contribution is -2.36. The third-order valence-electron chi connectivity index (χ3n) is 1.99. The molecule has 1 aromatic heterocycles. The first kappa shape index (κ1) is 15.0. The lowest BCUT2D eigenvalue weighted by molar-refractivity contribution is 0.0701. The topological polar surface area (TPSA) is 108 Å². The lowest BCUT2D eigenvalue weighted by Gasteiger charge is -2.05. The predicted molar refractivity (Wildman–Crippen MR) is 67.9 cm³/mol. The minimum Gasteiger partial charge on any atom is -0.477 e. The van der Waals surface area contributed by atoms with Gasteiger partial charge in [0.05, 0.1) is 12.2 Å². The van der Waals surface area contributed by atoms with Crippen molar-refractivity contribution in [3.63, 3.8) is 0 Å². The molecule has 1 aromatic rings. The smallest absolute Gasteiger partial charge is 0.347 e. The maximum absolute atomic E-state index is 11.4. The Labute approximate surface area is 109 Å². The second kappa shape index (κ2) is 6.23. The fourth-order valence-electron chi connectivity index (χ4n) is 1.17. The van der Waals surface area contributed by atoms with Crippen LogP contribution in [-0.4, -0.2) is 31.0 Å². The van der Waals surface area contributed by atoms with E-state index in [-0.39, 0.29) is 11.4 Å². The van der Waals surface area contributed by atoms with Crippen LogP contribution in [0.3, 0.4) is 0 Å². The summed E-state index contributed by atoms with van der Waals surface area (Å²) >= 11 is 0.967. The highest BCUT2D eigenvalue weighted by molar-refractivity contribution is 7.87. The van der Waals surface area contributed by atoms with Crippen LogP contribution in [0.1, 0.15) is 33.7 Å². The number of nitrogens with zero attached hydrogens (tertiary/aromatic N) is 1. The Morgan fingerprint density at radius 3 is 2.61 bits per heavy atom. The molecule has 3 N–H and O–H groups in total. The molecule has 0 fully saturated rings. The van der Waals surface area contributed by atoms with E-state index in [0.29, 0.717) is 23.7 Å². The van der Waals surface area contributed by atoms with Crippen molar-refractivity contribution >= 4 is 27.5 Å². The lowest BCUT2D eigenvalue weighted by atomic mass is 10.4. The number of rotatable bonds is 7. The largest absolute Gasteiger partial charge is 0.477 e. The summed E-state index contributed by atoms with van der Waals surface area (Å²) in [4.78, 5) is 14.9. The van der Waals surface area contributed by atoms with Crippen molar-refractivity contribution in [2.24, 2.45) is 0 Å². The highest BCUT2D eigenvalue weighted by Gasteiger charge is 2.15. The molecule has 0 aliphatic heterocycles. The first-order valence-electron chi connectivity index (χ1n) is 5.29. The van der Waals surface area contributed by atoms with Crippen molar-refractivity contribution in [3.05, 3.63) is 15.6 Å². The summed E-state index contributed by atoms with van der Waals surface area (Å²) in [6, 6.07) is 0. The van der Waals surface area contributed by atoms with Gasteiger partial charge in [0.2, 0.25) is 0 Å². The normalized spacial score (nSPS) is 11.7. The average molecular weight is 293 g/mol. The van der Waals surface area contributed by atoms with E-state index in [1.807, 2.05) is 6.92 Å². The van der Waals surface area contributed by atoms with Crippen molar-refractivity contribution in [2.75, 3.05) is 6.54 Å². The summed E-state index contributed by atoms with van der Waals surface area (Å²) in [5.41, 5.74) is 0.392. The molecule has 0 radical (unpaired) electrons. The van der Waals surface area contributed by atoms with Crippen molar-refractivity contribution in [2.45, 2.75) is 26.8 Å². The first-order valence-corrected chi connectivity index (χ1v) is 7.59. The number of carboxylic acids is 1. The molecule has 102 valence electrons. The van der Waals surface area contributed by atoms with Crippen LogP contribution >= 0.6 is 11.3 Å². The molecule has 0 aliphatic rings. The van der Waals surface area contributed by atoms with Gasteiger partial charge in [-0.15, -0.1) is 11.3 Å². The van der Waals surface area contributed by atoms with Gasteiger partial charge >= 0.3 is 5.97 Å². The van der Waals surface area contributed by atoms with E-state index < -0.39 is 16.2 Å². The van der Waals surface area contributed by atoms with E-state index in [2.05, 4.69) is 14.4 Å². The molecule has 0 saturated heterocycles. The fraction of sp³-hybridized carbons (Fsp3) is 0.556. The van der Waals surface area contributed by atoms with Gasteiger partial charge in [-0.1, -0.05) is 6.92 Å². The molecule has 9 heteroatoms. The van der Waals surface area contributed by atoms with Crippen molar-refractivity contribution < 1.29 is 18.3 Å². The second-order valence-corrected chi connectivity index (χ2v) is 6.21. The van der Waals surface area contributed by atoms with Gasteiger partial charge in [-0.05, 0) is 13.3 Å². The van der Waals surface area contributed by atoms with Gasteiger partial charge in [0, 0.05) is 6.54 Å². The number of nitrogens with one attached hydrogen (secondary N) is 2. The Morgan fingerprint density at radius 2 is 2.11 bits per heavy atom. The number of aromatic nitrogens is 1. The van der Waals surface area contributed by atoms with E-state index in [0.717, 1.165) is 11.3 Å². The molecule has 7 nitrogen and oxygen atoms in total. The number of carboxylic acid groups (broad SMARTS) is 1. The third kappa shape index (κ3) is 4.33. The number of carbonyl (C=O) groups is 1. The number of hydrogen-bond acceptors (Lipinski definition) is 5. The van der Waals surface area contributed by atoms with Crippen LogP contribution in [0.2, 0.25) is 0 Å². The Hall–Kier alpha value is -1.03. The zero-order valence-corrected chi connectivity index (χ0v) is 11.7. The van der Waals surface area contributed by atoms with Gasteiger partial charge in [0.15, 0.2) is 0 Å². The van der Waals surface area contributed by atoms with Crippen molar-refractivity contribution in [1.29, 1.82) is 0 Å². The molecule has 0 bridgehead atoms. The average Bonchev–Trinajstić information content (AvgIpc) is 2.66. The highest BCUT2D eigenvalue weighted by atomic mass is 32.2. The Kier molecular flexibility index (Phi) is 5.20. The Bertz CT molecular complexity index is 524. The third-order valence-corrected chi connectivity index (χ3v) is 4.24. The quantitative estimate of drug-likeness (QED) is 0.677. The van der Waals surface area contributed by atoms with Gasteiger partial charge in [0.25, 0.3) is 10.2 Å². The van der Waals surface area contributed by atoms with Crippen molar-refractivity contribution in [3.8, 4) is 0 Å². The maximum Gasteiger partial charge on any atom is 0.347 e. The van der Waals surface area contributed by atoms with Gasteiger partial charge in [-0.2, -0.15) is 13.1 Å². The van der Waals surface area contributed by atoms with E-state index in [4.69, 9.17) is 5.11 Å². The molecular weight excluding hydrogens is 278 g/mol. The molecule has 0 amide bonds. The molecule has 0 spiro atoms. The monoisotopic (exact) mass is 293 g/mol. The summed E-state index contributed by atoms with van der Waals surface area (Å²) < 4.78 is 27.5. The van der Waals surface area contributed by atoms with Crippen LogP contribution < -0.4 is 9.44 Å². The van der Waals surface area contributed by atoms with Crippen LogP contribution in [0.4, 0.5) is 0 Å². The van der Waals surface area contributed by atoms with E-state index in [1.54, 1.807) is 6.92 Å². The van der Waals surface area contributed by atoms with Gasteiger partial charge < -0.3 is 5.11 Å². The van der Waals surface area contributed by atoms with Crippen LogP contribution in [0.25, 0.3) is 0 Å². The minimum atomic E-state index is -3.55. The van der Waals surface area contributed by atoms with Gasteiger partial charge in [0.1, 0.15) is 9.88 Å². The molecule has 0 atom stereocenters. The van der Waals surface area contributed by atoms with E-state index in [1.165, 1.54) is 0 Å². The van der Waals surface area contributed by atoms with Crippen molar-refractivity contribution in [1.82, 2.24) is 14.4 Å². The van der Waals surface area contributed by atoms with E-state index >= 15 is 0 Å². The molecular formula is C9H15N3O4S2. The summed E-state index contributed by atoms with van der Waals surface area (Å²) in [5.74, 6) is -1.05. The minimum absolute atomic E-state index is 0.0160. The van der Waals surface area contributed by atoms with E-state index in [9.17, 15) is 13.2 Å². The number of aromatic carboxylic acids is 1. The standard InChI is InChI=1S/C9H15N3O4S2/c1-3-4-10-18(15,16)11-5-7-12-6(2)8(17-7)9(13)14/h10-11H,3-5H2,1-2H3,(H,13,14). The molecule has 0 saturated carbocycles. The van der Waals surface area contributed by atoms with Gasteiger partial charge in [-0.25, -0.2) is 14.5 Å². The maximum atomic E-state index is 11.4. The molecule has 1 rings (SSSR count). The number of aryl methyl sites for hydroxylation is 1. The highest BCUT2D eigenvalue weighted by Crippen LogP contribution is 2.17. The van der Waals surface area contributed by atoms with Crippen LogP contribution in [0.5, 0.6) is 0 Å². The Morgan fingerprint density at radius 1 is 1.44 bits per heavy atom.